The Hall–Kier alpha value is 1.59. The highest BCUT2D eigenvalue weighted by atomic mass is 80.0. The molecule has 0 aromatic rings. The lowest BCUT2D eigenvalue weighted by Gasteiger charge is -2.31. The summed E-state index contributed by atoms with van der Waals surface area (Å²) in [5, 5.41) is 0. The predicted octanol–water partition coefficient (Wildman–Crippen LogP) is 3.57. The van der Waals surface area contributed by atoms with Crippen LogP contribution >= 0.6 is 63.7 Å². The third kappa shape index (κ3) is 3.08. The maximum Gasteiger partial charge on any atom is 0.149 e. The summed E-state index contributed by atoms with van der Waals surface area (Å²) in [5.41, 5.74) is 0. The van der Waals surface area contributed by atoms with Crippen LogP contribution in [0.4, 0.5) is 0 Å². The second-order valence-corrected chi connectivity index (χ2v) is 11.0. The summed E-state index contributed by atoms with van der Waals surface area (Å²) in [4.78, 5) is 11.2. The van der Waals surface area contributed by atoms with E-state index in [-0.39, 0.29) is 12.9 Å². The van der Waals surface area contributed by atoms with Crippen LogP contribution in [0.1, 0.15) is 12.8 Å². The second-order valence-electron chi connectivity index (χ2n) is 2.62. The summed E-state index contributed by atoms with van der Waals surface area (Å²) in [6.45, 7) is 0. The Balaban J connectivity index is 2.37. The lowest BCUT2D eigenvalue weighted by molar-refractivity contribution is -0.128. The normalized spacial score (nSPS) is 31.8. The van der Waals surface area contributed by atoms with Crippen molar-refractivity contribution in [3.63, 3.8) is 0 Å². The molecule has 0 radical (unpaired) electrons. The van der Waals surface area contributed by atoms with Crippen LogP contribution < -0.4 is 0 Å². The highest BCUT2D eigenvalue weighted by Crippen LogP contribution is 2.44. The summed E-state index contributed by atoms with van der Waals surface area (Å²) in [5.74, 6) is 0.505. The van der Waals surface area contributed by atoms with Gasteiger partial charge in [-0.25, -0.2) is 0 Å². The van der Waals surface area contributed by atoms with Gasteiger partial charge >= 0.3 is 0 Å². The maximum absolute atomic E-state index is 11.1. The van der Waals surface area contributed by atoms with Crippen LogP contribution in [0.3, 0.4) is 0 Å². The highest BCUT2D eigenvalue weighted by molar-refractivity contribution is 9.39. The van der Waals surface area contributed by atoms with Crippen LogP contribution in [0.5, 0.6) is 0 Å². The average Bonchev–Trinajstić information content (AvgIpc) is 1.84. The zero-order valence-corrected chi connectivity index (χ0v) is 11.8. The zero-order chi connectivity index (χ0) is 8.65. The number of rotatable bonds is 1. The fourth-order valence-electron chi connectivity index (χ4n) is 1.04. The standard InChI is InChI=1S/C6H6Br4O/c7-4-1-3(5(4)11)2-6(8,9)10/h3-4H,1-2H2. The molecule has 0 N–H and O–H groups in total. The van der Waals surface area contributed by atoms with Crippen LogP contribution in [0.2, 0.25) is 0 Å². The molecule has 0 bridgehead atoms. The monoisotopic (exact) mass is 410 g/mol. The molecule has 64 valence electrons. The molecule has 1 saturated carbocycles. The largest absolute Gasteiger partial charge is 0.298 e. The van der Waals surface area contributed by atoms with Crippen LogP contribution in [0.15, 0.2) is 0 Å². The van der Waals surface area contributed by atoms with Gasteiger partial charge in [0.05, 0.1) is 4.83 Å². The SMILES string of the molecule is O=C1C(Br)CC1CC(Br)(Br)Br. The number of carbonyl (C=O) groups is 1. The van der Waals surface area contributed by atoms with Crippen LogP contribution in [-0.4, -0.2) is 12.8 Å². The summed E-state index contributed by atoms with van der Waals surface area (Å²) < 4.78 is -0.263. The molecule has 0 aromatic heterocycles. The number of alkyl halides is 4. The molecule has 1 aliphatic carbocycles. The van der Waals surface area contributed by atoms with Gasteiger partial charge in [-0.3, -0.25) is 4.79 Å². The quantitative estimate of drug-likeness (QED) is 0.601. The van der Waals surface area contributed by atoms with E-state index in [0.717, 1.165) is 12.8 Å². The molecule has 1 fully saturated rings. The fraction of sp³-hybridized carbons (Fsp3) is 0.833. The first kappa shape index (κ1) is 10.7. The predicted molar refractivity (Wildman–Crippen MR) is 60.0 cm³/mol. The molecule has 0 aliphatic heterocycles. The number of carbonyl (C=O) groups excluding carboxylic acids is 1. The first-order valence-electron chi connectivity index (χ1n) is 3.14. The third-order valence-corrected chi connectivity index (χ3v) is 3.48. The summed E-state index contributed by atoms with van der Waals surface area (Å²) >= 11 is 13.4. The molecule has 1 rings (SSSR count). The van der Waals surface area contributed by atoms with Crippen molar-refractivity contribution >= 4 is 69.5 Å². The van der Waals surface area contributed by atoms with Crippen molar-refractivity contribution < 1.29 is 4.79 Å². The molecule has 1 nitrogen and oxygen atoms in total. The van der Waals surface area contributed by atoms with E-state index in [9.17, 15) is 4.79 Å². The maximum atomic E-state index is 11.1. The Labute approximate surface area is 99.2 Å². The van der Waals surface area contributed by atoms with Gasteiger partial charge in [-0.05, 0) is 12.8 Å². The lowest BCUT2D eigenvalue weighted by Crippen LogP contribution is -2.39. The molecular formula is C6H6Br4O. The van der Waals surface area contributed by atoms with E-state index >= 15 is 0 Å². The minimum Gasteiger partial charge on any atom is -0.298 e. The molecule has 0 heterocycles. The van der Waals surface area contributed by atoms with Crippen molar-refractivity contribution in [1.82, 2.24) is 0 Å². The molecular weight excluding hydrogens is 408 g/mol. The van der Waals surface area contributed by atoms with E-state index < -0.39 is 0 Å². The van der Waals surface area contributed by atoms with Crippen molar-refractivity contribution in [2.45, 2.75) is 19.8 Å². The van der Waals surface area contributed by atoms with Crippen LogP contribution in [0.25, 0.3) is 0 Å². The third-order valence-electron chi connectivity index (χ3n) is 1.68. The molecule has 0 saturated heterocycles. The lowest BCUT2D eigenvalue weighted by atomic mass is 9.82. The Morgan fingerprint density at radius 1 is 1.45 bits per heavy atom. The van der Waals surface area contributed by atoms with Crippen LogP contribution in [0, 0.1) is 5.92 Å². The summed E-state index contributed by atoms with van der Waals surface area (Å²) in [6, 6.07) is 0. The van der Waals surface area contributed by atoms with Crippen molar-refractivity contribution in [3.8, 4) is 0 Å². The van der Waals surface area contributed by atoms with E-state index in [4.69, 9.17) is 0 Å². The number of Topliss-reactive ketones (excluding diaryl/α,β-unsaturated/α-hetero) is 1. The number of ketones is 1. The molecule has 0 spiro atoms. The highest BCUT2D eigenvalue weighted by Gasteiger charge is 2.40. The molecule has 5 heteroatoms. The van der Waals surface area contributed by atoms with Gasteiger partial charge in [-0.15, -0.1) is 0 Å². The minimum absolute atomic E-state index is 0.0994. The molecule has 1 aliphatic rings. The van der Waals surface area contributed by atoms with Crippen molar-refractivity contribution in [2.75, 3.05) is 0 Å². The topological polar surface area (TPSA) is 17.1 Å². The van der Waals surface area contributed by atoms with Gasteiger partial charge in [0.1, 0.15) is 7.93 Å². The Morgan fingerprint density at radius 3 is 2.27 bits per heavy atom. The van der Waals surface area contributed by atoms with Gasteiger partial charge in [-0.2, -0.15) is 0 Å². The molecule has 2 unspecified atom stereocenters. The van der Waals surface area contributed by atoms with E-state index in [0.29, 0.717) is 5.78 Å². The first-order chi connectivity index (χ1) is 4.90. The zero-order valence-electron chi connectivity index (χ0n) is 5.49. The number of hydrogen-bond acceptors (Lipinski definition) is 1. The summed E-state index contributed by atoms with van der Waals surface area (Å²) in [7, 11) is 0. The average molecular weight is 414 g/mol. The fourth-order valence-corrected chi connectivity index (χ4v) is 3.04. The minimum atomic E-state index is -0.263. The van der Waals surface area contributed by atoms with Gasteiger partial charge < -0.3 is 0 Å². The van der Waals surface area contributed by atoms with Crippen LogP contribution in [-0.2, 0) is 4.79 Å². The molecule has 11 heavy (non-hydrogen) atoms. The molecule has 0 aromatic carbocycles. The van der Waals surface area contributed by atoms with Gasteiger partial charge in [-0.1, -0.05) is 63.7 Å². The smallest absolute Gasteiger partial charge is 0.149 e. The van der Waals surface area contributed by atoms with Gasteiger partial charge in [0.15, 0.2) is 0 Å². The van der Waals surface area contributed by atoms with Gasteiger partial charge in [0, 0.05) is 5.92 Å². The summed E-state index contributed by atoms with van der Waals surface area (Å²) in [6.07, 6.45) is 1.73. The van der Waals surface area contributed by atoms with Crippen molar-refractivity contribution in [2.24, 2.45) is 5.92 Å². The number of hydrogen-bond donors (Lipinski definition) is 0. The molecule has 0 amide bonds. The number of halogens is 4. The Morgan fingerprint density at radius 2 is 2.00 bits per heavy atom. The van der Waals surface area contributed by atoms with Gasteiger partial charge in [0.2, 0.25) is 0 Å². The van der Waals surface area contributed by atoms with E-state index in [1.165, 1.54) is 0 Å². The van der Waals surface area contributed by atoms with E-state index in [1.807, 2.05) is 0 Å². The van der Waals surface area contributed by atoms with Crippen molar-refractivity contribution in [1.29, 1.82) is 0 Å². The first-order valence-corrected chi connectivity index (χ1v) is 6.44. The van der Waals surface area contributed by atoms with E-state index in [1.54, 1.807) is 0 Å². The van der Waals surface area contributed by atoms with E-state index in [2.05, 4.69) is 63.7 Å². The Bertz CT molecular complexity index is 174. The van der Waals surface area contributed by atoms with Crippen molar-refractivity contribution in [3.05, 3.63) is 0 Å². The molecule has 2 atom stereocenters. The van der Waals surface area contributed by atoms with Gasteiger partial charge in [0.25, 0.3) is 0 Å². The Kier molecular flexibility index (Phi) is 3.65. The second kappa shape index (κ2) is 3.76.